The minimum absolute atomic E-state index is 0.166. The Morgan fingerprint density at radius 2 is 1.93 bits per heavy atom. The van der Waals surface area contributed by atoms with E-state index in [0.29, 0.717) is 23.6 Å². The van der Waals surface area contributed by atoms with Gasteiger partial charge >= 0.3 is 0 Å². The van der Waals surface area contributed by atoms with Crippen molar-refractivity contribution in [1.29, 1.82) is 0 Å². The summed E-state index contributed by atoms with van der Waals surface area (Å²) in [6.07, 6.45) is 11.1. The summed E-state index contributed by atoms with van der Waals surface area (Å²) in [6, 6.07) is 3.38. The molecule has 7 heteroatoms. The number of nitrogens with zero attached hydrogens (tertiary/aromatic N) is 5. The van der Waals surface area contributed by atoms with E-state index in [2.05, 4.69) is 31.1 Å². The molecule has 1 aliphatic heterocycles. The van der Waals surface area contributed by atoms with Crippen LogP contribution < -0.4 is 4.90 Å². The monoisotopic (exact) mass is 397 g/mol. The average molecular weight is 397 g/mol. The molecule has 0 radical (unpaired) electrons. The molecule has 0 amide bonds. The average Bonchev–Trinajstić information content (AvgIpc) is 3.66. The Labute approximate surface area is 170 Å². The fraction of sp³-hybridized carbons (Fsp3) is 0.682. The highest BCUT2D eigenvalue weighted by Crippen LogP contribution is 2.45. The van der Waals surface area contributed by atoms with Gasteiger partial charge in [0.05, 0.1) is 17.8 Å². The van der Waals surface area contributed by atoms with Crippen LogP contribution in [0.3, 0.4) is 0 Å². The highest BCUT2D eigenvalue weighted by Gasteiger charge is 2.45. The van der Waals surface area contributed by atoms with E-state index >= 15 is 0 Å². The van der Waals surface area contributed by atoms with Crippen LogP contribution in [-0.4, -0.2) is 45.8 Å². The zero-order valence-corrected chi connectivity index (χ0v) is 16.7. The molecule has 4 fully saturated rings. The molecule has 0 bridgehead atoms. The topological polar surface area (TPSA) is 56.1 Å². The van der Waals surface area contributed by atoms with Gasteiger partial charge in [0.25, 0.3) is 0 Å². The van der Waals surface area contributed by atoms with Gasteiger partial charge in [0.15, 0.2) is 11.6 Å². The van der Waals surface area contributed by atoms with Crippen molar-refractivity contribution in [2.45, 2.75) is 56.6 Å². The Hall–Kier alpha value is -2.02. The Morgan fingerprint density at radius 3 is 2.69 bits per heavy atom. The molecule has 4 atom stereocenters. The fourth-order valence-corrected chi connectivity index (χ4v) is 5.19. The zero-order valence-electron chi connectivity index (χ0n) is 16.7. The second-order valence-electron chi connectivity index (χ2n) is 9.49. The quantitative estimate of drug-likeness (QED) is 0.746. The van der Waals surface area contributed by atoms with Gasteiger partial charge < -0.3 is 9.64 Å². The molecule has 0 N–H and O–H groups in total. The van der Waals surface area contributed by atoms with Crippen molar-refractivity contribution in [3.8, 4) is 0 Å². The van der Waals surface area contributed by atoms with Gasteiger partial charge in [-0.1, -0.05) is 5.21 Å². The van der Waals surface area contributed by atoms with E-state index < -0.39 is 0 Å². The van der Waals surface area contributed by atoms with Gasteiger partial charge in [0.2, 0.25) is 0 Å². The maximum atomic E-state index is 14.3. The van der Waals surface area contributed by atoms with Crippen molar-refractivity contribution in [2.24, 2.45) is 17.8 Å². The van der Waals surface area contributed by atoms with Crippen LogP contribution in [0.2, 0.25) is 0 Å². The summed E-state index contributed by atoms with van der Waals surface area (Å²) < 4.78 is 22.8. The van der Waals surface area contributed by atoms with Gasteiger partial charge in [0, 0.05) is 38.0 Å². The maximum Gasteiger partial charge on any atom is 0.165 e. The lowest BCUT2D eigenvalue weighted by Gasteiger charge is -2.37. The molecular formula is C22H28FN5O. The van der Waals surface area contributed by atoms with Crippen molar-refractivity contribution < 1.29 is 9.13 Å². The number of anilines is 1. The van der Waals surface area contributed by atoms with Gasteiger partial charge in [-0.25, -0.2) is 14.1 Å². The van der Waals surface area contributed by atoms with E-state index in [1.54, 1.807) is 12.3 Å². The van der Waals surface area contributed by atoms with Gasteiger partial charge in [0.1, 0.15) is 0 Å². The Balaban J connectivity index is 1.22. The van der Waals surface area contributed by atoms with Crippen molar-refractivity contribution in [3.63, 3.8) is 0 Å². The largest absolute Gasteiger partial charge is 0.376 e. The predicted molar refractivity (Wildman–Crippen MR) is 106 cm³/mol. The Kier molecular flexibility index (Phi) is 4.32. The van der Waals surface area contributed by atoms with Crippen LogP contribution in [-0.2, 0) is 4.74 Å². The van der Waals surface area contributed by atoms with Gasteiger partial charge in [-0.3, -0.25) is 0 Å². The number of hydrogen-bond acceptors (Lipinski definition) is 5. The molecule has 6 nitrogen and oxygen atoms in total. The van der Waals surface area contributed by atoms with E-state index in [1.165, 1.54) is 31.7 Å². The molecule has 0 spiro atoms. The van der Waals surface area contributed by atoms with Crippen molar-refractivity contribution in [3.05, 3.63) is 36.0 Å². The Bertz CT molecular complexity index is 880. The molecule has 3 heterocycles. The summed E-state index contributed by atoms with van der Waals surface area (Å²) in [5, 5.41) is 8.94. The summed E-state index contributed by atoms with van der Waals surface area (Å²) in [4.78, 5) is 6.43. The van der Waals surface area contributed by atoms with Crippen LogP contribution in [0.5, 0.6) is 0 Å². The fourth-order valence-electron chi connectivity index (χ4n) is 5.19. The highest BCUT2D eigenvalue weighted by atomic mass is 19.1. The first-order chi connectivity index (χ1) is 14.2. The van der Waals surface area contributed by atoms with E-state index in [4.69, 9.17) is 4.74 Å². The number of aromatic nitrogens is 4. The lowest BCUT2D eigenvalue weighted by atomic mass is 9.77. The maximum absolute atomic E-state index is 14.3. The smallest absolute Gasteiger partial charge is 0.165 e. The van der Waals surface area contributed by atoms with Crippen LogP contribution in [0, 0.1) is 23.6 Å². The third-order valence-electron chi connectivity index (χ3n) is 7.23. The lowest BCUT2D eigenvalue weighted by Crippen LogP contribution is -2.38. The number of rotatable bonds is 6. The summed E-state index contributed by atoms with van der Waals surface area (Å²) in [6.45, 7) is 2.58. The minimum atomic E-state index is -0.227. The van der Waals surface area contributed by atoms with Crippen LogP contribution in [0.15, 0.2) is 24.5 Å². The van der Waals surface area contributed by atoms with E-state index in [0.717, 1.165) is 44.1 Å². The van der Waals surface area contributed by atoms with Gasteiger partial charge in [-0.05, 0) is 68.4 Å². The molecule has 3 saturated carbocycles. The van der Waals surface area contributed by atoms with Crippen molar-refractivity contribution in [1.82, 2.24) is 20.0 Å². The summed E-state index contributed by atoms with van der Waals surface area (Å²) in [5.74, 6) is 2.65. The first-order valence-corrected chi connectivity index (χ1v) is 11.1. The van der Waals surface area contributed by atoms with E-state index in [1.807, 2.05) is 0 Å². The molecule has 4 aliphatic rings. The number of halogens is 1. The third-order valence-corrected chi connectivity index (χ3v) is 7.23. The summed E-state index contributed by atoms with van der Waals surface area (Å²) in [7, 11) is 0. The van der Waals surface area contributed by atoms with Crippen molar-refractivity contribution in [2.75, 3.05) is 24.6 Å². The Morgan fingerprint density at radius 1 is 1.10 bits per heavy atom. The normalized spacial score (nSPS) is 31.8. The van der Waals surface area contributed by atoms with Crippen LogP contribution in [0.25, 0.3) is 0 Å². The summed E-state index contributed by atoms with van der Waals surface area (Å²) in [5.41, 5.74) is 1.14. The highest BCUT2D eigenvalue weighted by molar-refractivity contribution is 5.41. The van der Waals surface area contributed by atoms with Crippen LogP contribution in [0.4, 0.5) is 10.2 Å². The van der Waals surface area contributed by atoms with E-state index in [-0.39, 0.29) is 18.0 Å². The number of fused-ring (bicyclic) bond motifs is 1. The molecular weight excluding hydrogens is 369 g/mol. The molecule has 2 aromatic rings. The summed E-state index contributed by atoms with van der Waals surface area (Å²) >= 11 is 0. The zero-order chi connectivity index (χ0) is 19.4. The standard InChI is InChI=1S/C22H28FN5O/c23-18-2-1-7-24-22(18)27-10-16-8-20(28-12-19(25-26-28)15-5-6-15)21(9-17(16)11-27)29-13-14-3-4-14/h1-2,7,12,14-17,20-21H,3-6,8-11,13H2/t16-,17+,20-,21-/m1/s1. The molecule has 3 aliphatic carbocycles. The molecule has 0 unspecified atom stereocenters. The molecule has 6 rings (SSSR count). The molecule has 1 saturated heterocycles. The molecule has 2 aromatic heterocycles. The number of ether oxygens (including phenoxy) is 1. The second kappa shape index (κ2) is 7.04. The van der Waals surface area contributed by atoms with Crippen molar-refractivity contribution >= 4 is 5.82 Å². The third kappa shape index (κ3) is 3.54. The second-order valence-corrected chi connectivity index (χ2v) is 9.49. The van der Waals surface area contributed by atoms with Crippen LogP contribution in [0.1, 0.15) is 56.2 Å². The van der Waals surface area contributed by atoms with Crippen LogP contribution >= 0.6 is 0 Å². The lowest BCUT2D eigenvalue weighted by molar-refractivity contribution is -0.0375. The number of hydrogen-bond donors (Lipinski definition) is 0. The van der Waals surface area contributed by atoms with Gasteiger partial charge in [-0.2, -0.15) is 0 Å². The predicted octanol–water partition coefficient (Wildman–Crippen LogP) is 3.57. The molecule has 29 heavy (non-hydrogen) atoms. The van der Waals surface area contributed by atoms with E-state index in [9.17, 15) is 4.39 Å². The minimum Gasteiger partial charge on any atom is -0.376 e. The first-order valence-electron chi connectivity index (χ1n) is 11.1. The van der Waals surface area contributed by atoms with Gasteiger partial charge in [-0.15, -0.1) is 5.10 Å². The SMILES string of the molecule is Fc1cccnc1N1C[C@H]2C[C@@H](n3cc(C4CC4)nn3)[C@H](OCC3CC3)C[C@H]2C1. The number of pyridine rings is 1. The molecule has 0 aromatic carbocycles. The first kappa shape index (κ1) is 17.8. The molecule has 154 valence electrons.